The highest BCUT2D eigenvalue weighted by atomic mass is 16.2. The molecule has 3 fully saturated rings. The molecule has 3 saturated heterocycles. The third-order valence-corrected chi connectivity index (χ3v) is 7.71. The third-order valence-electron chi connectivity index (χ3n) is 7.71. The van der Waals surface area contributed by atoms with Crippen molar-refractivity contribution in [3.05, 3.63) is 34.9 Å². The van der Waals surface area contributed by atoms with Crippen LogP contribution in [0.2, 0.25) is 0 Å². The molecule has 1 aromatic rings. The second-order valence-corrected chi connectivity index (χ2v) is 9.56. The molecule has 0 bridgehead atoms. The van der Waals surface area contributed by atoms with Crippen LogP contribution in [0.5, 0.6) is 0 Å². The topological polar surface area (TPSA) is 81.8 Å². The summed E-state index contributed by atoms with van der Waals surface area (Å²) >= 11 is 0. The average molecular weight is 425 g/mol. The molecule has 2 atom stereocenters. The van der Waals surface area contributed by atoms with Crippen molar-refractivity contribution in [2.45, 2.75) is 57.7 Å². The molecule has 5 rings (SSSR count). The molecular weight excluding hydrogens is 392 g/mol. The van der Waals surface area contributed by atoms with Crippen LogP contribution in [0.15, 0.2) is 18.2 Å². The van der Waals surface area contributed by atoms with Gasteiger partial charge in [-0.2, -0.15) is 0 Å². The van der Waals surface area contributed by atoms with Crippen molar-refractivity contribution in [2.75, 3.05) is 26.2 Å². The van der Waals surface area contributed by atoms with Gasteiger partial charge in [-0.3, -0.25) is 24.6 Å². The smallest absolute Gasteiger partial charge is 0.255 e. The summed E-state index contributed by atoms with van der Waals surface area (Å²) in [6.07, 6.45) is 5.87. The predicted molar refractivity (Wildman–Crippen MR) is 116 cm³/mol. The summed E-state index contributed by atoms with van der Waals surface area (Å²) in [5, 5.41) is 5.94. The van der Waals surface area contributed by atoms with Crippen LogP contribution in [-0.4, -0.2) is 59.7 Å². The maximum Gasteiger partial charge on any atom is 0.255 e. The Bertz CT molecular complexity index is 872. The number of benzene rings is 1. The number of likely N-dealkylation sites (tertiary alicyclic amines) is 1. The van der Waals surface area contributed by atoms with Gasteiger partial charge in [0.1, 0.15) is 6.04 Å². The number of hydrogen-bond acceptors (Lipinski definition) is 5. The van der Waals surface area contributed by atoms with Gasteiger partial charge in [0, 0.05) is 25.1 Å². The van der Waals surface area contributed by atoms with E-state index in [0.29, 0.717) is 18.5 Å². The van der Waals surface area contributed by atoms with Gasteiger partial charge in [0.25, 0.3) is 5.91 Å². The lowest BCUT2D eigenvalue weighted by molar-refractivity contribution is -0.136. The summed E-state index contributed by atoms with van der Waals surface area (Å²) in [5.41, 5.74) is 2.96. The Hall–Kier alpha value is -2.25. The Kier molecular flexibility index (Phi) is 5.80. The minimum Gasteiger partial charge on any atom is -0.322 e. The predicted octanol–water partition coefficient (Wildman–Crippen LogP) is 1.66. The summed E-state index contributed by atoms with van der Waals surface area (Å²) in [5.74, 6) is 0.971. The van der Waals surface area contributed by atoms with Gasteiger partial charge in [0.2, 0.25) is 11.8 Å². The molecule has 0 aliphatic carbocycles. The first-order valence-electron chi connectivity index (χ1n) is 11.8. The van der Waals surface area contributed by atoms with E-state index in [1.165, 1.54) is 44.3 Å². The number of nitrogens with zero attached hydrogens (tertiary/aromatic N) is 2. The lowest BCUT2D eigenvalue weighted by Gasteiger charge is -2.38. The first-order chi connectivity index (χ1) is 15.1. The molecule has 2 N–H and O–H groups in total. The molecule has 4 aliphatic heterocycles. The Labute approximate surface area is 183 Å². The number of rotatable bonds is 4. The Balaban J connectivity index is 1.24. The van der Waals surface area contributed by atoms with Crippen LogP contribution < -0.4 is 10.6 Å². The van der Waals surface area contributed by atoms with Crippen molar-refractivity contribution in [3.8, 4) is 0 Å². The van der Waals surface area contributed by atoms with Gasteiger partial charge in [-0.15, -0.1) is 0 Å². The standard InChI is InChI=1S/C24H32N4O3/c29-22-7-6-21(23(30)26-22)28-15-20-18(3-1-5-19(20)24(28)31)14-27-11-8-16(9-12-27)17-4-2-10-25-13-17/h1,3,5,16-17,21,25H,2,4,6-15H2,(H,26,29,30). The fourth-order valence-corrected chi connectivity index (χ4v) is 5.90. The van der Waals surface area contributed by atoms with Gasteiger partial charge in [0.15, 0.2) is 0 Å². The number of imide groups is 1. The van der Waals surface area contributed by atoms with Crippen molar-refractivity contribution in [3.63, 3.8) is 0 Å². The van der Waals surface area contributed by atoms with E-state index in [1.54, 1.807) is 4.90 Å². The van der Waals surface area contributed by atoms with Gasteiger partial charge in [-0.05, 0) is 87.3 Å². The molecule has 3 amide bonds. The van der Waals surface area contributed by atoms with Crippen LogP contribution in [0.25, 0.3) is 0 Å². The zero-order valence-electron chi connectivity index (χ0n) is 18.1. The summed E-state index contributed by atoms with van der Waals surface area (Å²) in [7, 11) is 0. The van der Waals surface area contributed by atoms with E-state index < -0.39 is 6.04 Å². The SMILES string of the molecule is O=C1CCC(N2Cc3c(CN4CCC(C5CCCNC5)CC4)cccc3C2=O)C(=O)N1. The number of amides is 3. The molecule has 4 heterocycles. The third kappa shape index (κ3) is 4.13. The first kappa shape index (κ1) is 20.6. The molecule has 166 valence electrons. The number of carbonyl (C=O) groups excluding carboxylic acids is 3. The van der Waals surface area contributed by atoms with Crippen LogP contribution in [0.4, 0.5) is 0 Å². The lowest BCUT2D eigenvalue weighted by atomic mass is 9.80. The summed E-state index contributed by atoms with van der Waals surface area (Å²) in [6.45, 7) is 5.87. The largest absolute Gasteiger partial charge is 0.322 e. The molecule has 4 aliphatic rings. The van der Waals surface area contributed by atoms with Crippen LogP contribution in [0, 0.1) is 11.8 Å². The minimum atomic E-state index is -0.551. The second-order valence-electron chi connectivity index (χ2n) is 9.56. The maximum absolute atomic E-state index is 13.0. The molecule has 2 unspecified atom stereocenters. The summed E-state index contributed by atoms with van der Waals surface area (Å²) < 4.78 is 0. The Morgan fingerprint density at radius 3 is 2.58 bits per heavy atom. The van der Waals surface area contributed by atoms with E-state index in [9.17, 15) is 14.4 Å². The van der Waals surface area contributed by atoms with Crippen molar-refractivity contribution >= 4 is 17.7 Å². The molecular formula is C24H32N4O3. The van der Waals surface area contributed by atoms with E-state index in [-0.39, 0.29) is 24.1 Å². The summed E-state index contributed by atoms with van der Waals surface area (Å²) in [6, 6.07) is 5.40. The van der Waals surface area contributed by atoms with Crippen molar-refractivity contribution in [2.24, 2.45) is 11.8 Å². The molecule has 0 saturated carbocycles. The molecule has 7 heteroatoms. The van der Waals surface area contributed by atoms with Crippen LogP contribution >= 0.6 is 0 Å². The van der Waals surface area contributed by atoms with Crippen molar-refractivity contribution in [1.82, 2.24) is 20.4 Å². The van der Waals surface area contributed by atoms with Gasteiger partial charge < -0.3 is 10.2 Å². The zero-order chi connectivity index (χ0) is 21.4. The van der Waals surface area contributed by atoms with E-state index in [4.69, 9.17) is 0 Å². The fourth-order valence-electron chi connectivity index (χ4n) is 5.90. The van der Waals surface area contributed by atoms with E-state index in [0.717, 1.165) is 37.0 Å². The van der Waals surface area contributed by atoms with Gasteiger partial charge in [0.05, 0.1) is 0 Å². The minimum absolute atomic E-state index is 0.0881. The highest BCUT2D eigenvalue weighted by Gasteiger charge is 2.40. The molecule has 1 aromatic carbocycles. The number of fused-ring (bicyclic) bond motifs is 1. The molecule has 0 aromatic heterocycles. The molecule has 0 radical (unpaired) electrons. The zero-order valence-corrected chi connectivity index (χ0v) is 18.1. The van der Waals surface area contributed by atoms with Crippen LogP contribution in [0.1, 0.15) is 60.0 Å². The van der Waals surface area contributed by atoms with E-state index in [1.807, 2.05) is 12.1 Å². The van der Waals surface area contributed by atoms with Crippen LogP contribution in [-0.2, 0) is 22.7 Å². The quantitative estimate of drug-likeness (QED) is 0.719. The molecule has 7 nitrogen and oxygen atoms in total. The second kappa shape index (κ2) is 8.71. The monoisotopic (exact) mass is 424 g/mol. The Morgan fingerprint density at radius 2 is 1.84 bits per heavy atom. The molecule has 31 heavy (non-hydrogen) atoms. The van der Waals surface area contributed by atoms with Crippen LogP contribution in [0.3, 0.4) is 0 Å². The van der Waals surface area contributed by atoms with Gasteiger partial charge in [-0.1, -0.05) is 12.1 Å². The van der Waals surface area contributed by atoms with Crippen molar-refractivity contribution < 1.29 is 14.4 Å². The van der Waals surface area contributed by atoms with E-state index in [2.05, 4.69) is 21.6 Å². The number of carbonyl (C=O) groups is 3. The summed E-state index contributed by atoms with van der Waals surface area (Å²) in [4.78, 5) is 41.0. The lowest BCUT2D eigenvalue weighted by Crippen LogP contribution is -2.52. The number of piperidine rings is 3. The number of nitrogens with one attached hydrogen (secondary N) is 2. The highest BCUT2D eigenvalue weighted by Crippen LogP contribution is 2.33. The normalized spacial score (nSPS) is 28.0. The highest BCUT2D eigenvalue weighted by molar-refractivity contribution is 6.05. The average Bonchev–Trinajstić information content (AvgIpc) is 3.12. The van der Waals surface area contributed by atoms with E-state index >= 15 is 0 Å². The fraction of sp³-hybridized carbons (Fsp3) is 0.625. The molecule has 0 spiro atoms. The Morgan fingerprint density at radius 1 is 1.00 bits per heavy atom. The van der Waals surface area contributed by atoms with Gasteiger partial charge in [-0.25, -0.2) is 0 Å². The number of hydrogen-bond donors (Lipinski definition) is 2. The first-order valence-corrected chi connectivity index (χ1v) is 11.8. The van der Waals surface area contributed by atoms with Crippen molar-refractivity contribution in [1.29, 1.82) is 0 Å². The van der Waals surface area contributed by atoms with Gasteiger partial charge >= 0.3 is 0 Å². The maximum atomic E-state index is 13.0.